The predicted molar refractivity (Wildman–Crippen MR) is 166 cm³/mol. The quantitative estimate of drug-likeness (QED) is 0.195. The van der Waals surface area contributed by atoms with Crippen molar-refractivity contribution in [2.24, 2.45) is 0 Å². The van der Waals surface area contributed by atoms with Crippen LogP contribution in [0.25, 0.3) is 0 Å². The second kappa shape index (κ2) is 14.3. The molecule has 43 heavy (non-hydrogen) atoms. The lowest BCUT2D eigenvalue weighted by molar-refractivity contribution is -0.141. The Morgan fingerprint density at radius 1 is 1.02 bits per heavy atom. The molecule has 0 bridgehead atoms. The highest BCUT2D eigenvalue weighted by Gasteiger charge is 2.40. The van der Waals surface area contributed by atoms with Gasteiger partial charge in [0.25, 0.3) is 0 Å². The van der Waals surface area contributed by atoms with Gasteiger partial charge in [0.15, 0.2) is 8.32 Å². The molecular weight excluding hydrogens is 601 g/mol. The molecule has 2 aromatic carbocycles. The number of halogens is 4. The van der Waals surface area contributed by atoms with Gasteiger partial charge in [0.2, 0.25) is 0 Å². The Kier molecular flexibility index (Phi) is 12.2. The van der Waals surface area contributed by atoms with Crippen LogP contribution in [-0.4, -0.2) is 57.6 Å². The number of methoxy groups -OCH3 is 1. The highest BCUT2D eigenvalue weighted by atomic mass is 35.5. The van der Waals surface area contributed by atoms with Crippen LogP contribution in [0.1, 0.15) is 64.3 Å². The number of esters is 1. The molecule has 0 aliphatic heterocycles. The topological polar surface area (TPSA) is 77.1 Å². The number of alkyl halides is 3. The minimum absolute atomic E-state index is 0.109. The summed E-state index contributed by atoms with van der Waals surface area (Å²) in [5, 5.41) is 3.39. The molecule has 2 aromatic rings. The highest BCUT2D eigenvalue weighted by Crippen LogP contribution is 2.40. The Bertz CT molecular complexity index is 1260. The molecule has 0 saturated heterocycles. The third-order valence-corrected chi connectivity index (χ3v) is 11.9. The summed E-state index contributed by atoms with van der Waals surface area (Å²) < 4.78 is 58.3. The van der Waals surface area contributed by atoms with Gasteiger partial charge < -0.3 is 24.1 Å². The van der Waals surface area contributed by atoms with Gasteiger partial charge in [-0.25, -0.2) is 4.79 Å². The van der Waals surface area contributed by atoms with E-state index in [-0.39, 0.29) is 35.9 Å². The van der Waals surface area contributed by atoms with E-state index < -0.39 is 50.2 Å². The van der Waals surface area contributed by atoms with Gasteiger partial charge in [0, 0.05) is 23.8 Å². The molecule has 1 N–H and O–H groups in total. The monoisotopic (exact) mass is 644 g/mol. The summed E-state index contributed by atoms with van der Waals surface area (Å²) >= 11 is 6.31. The van der Waals surface area contributed by atoms with E-state index in [4.69, 9.17) is 20.8 Å². The standard InChI is InChI=1S/C31H44ClF3N2O5Si/c1-29(2,3)41-28(39)37(20-26(22-11-10-12-23(32)17-22)42-43(8,9)30(4,5)6)16-15-36-24-14-13-21(18-27(38)40-7)25(19-24)31(33,34)35/h10-14,17,19,26,36H,15-16,18,20H2,1-9H3. The molecule has 2 rings (SSSR count). The maximum Gasteiger partial charge on any atom is 0.416 e. The summed E-state index contributed by atoms with van der Waals surface area (Å²) in [6, 6.07) is 10.9. The van der Waals surface area contributed by atoms with Crippen molar-refractivity contribution >= 4 is 37.7 Å². The zero-order chi connectivity index (χ0) is 32.8. The number of carbonyl (C=O) groups excluding carboxylic acids is 2. The van der Waals surface area contributed by atoms with Gasteiger partial charge in [-0.2, -0.15) is 13.2 Å². The average Bonchev–Trinajstić information content (AvgIpc) is 2.85. The second-order valence-electron chi connectivity index (χ2n) is 12.9. The number of hydrogen-bond acceptors (Lipinski definition) is 6. The van der Waals surface area contributed by atoms with Crippen LogP contribution in [0.3, 0.4) is 0 Å². The van der Waals surface area contributed by atoms with Gasteiger partial charge in [-0.3, -0.25) is 4.79 Å². The normalized spacial score (nSPS) is 13.3. The summed E-state index contributed by atoms with van der Waals surface area (Å²) in [6.07, 6.45) is -6.28. The van der Waals surface area contributed by atoms with E-state index in [1.54, 1.807) is 32.9 Å². The van der Waals surface area contributed by atoms with Crippen LogP contribution in [0, 0.1) is 0 Å². The van der Waals surface area contributed by atoms with E-state index in [0.717, 1.165) is 18.7 Å². The van der Waals surface area contributed by atoms with Crippen LogP contribution in [-0.2, 0) is 31.3 Å². The first-order chi connectivity index (χ1) is 19.6. The summed E-state index contributed by atoms with van der Waals surface area (Å²) in [6.45, 7) is 16.2. The van der Waals surface area contributed by atoms with Crippen molar-refractivity contribution in [3.05, 3.63) is 64.2 Å². The molecular formula is C31H44ClF3N2O5Si. The Hall–Kier alpha value is -2.76. The fourth-order valence-corrected chi connectivity index (χ4v) is 5.38. The summed E-state index contributed by atoms with van der Waals surface area (Å²) in [5.74, 6) is -0.770. The Labute approximate surface area is 259 Å². The minimum atomic E-state index is -4.67. The third-order valence-electron chi connectivity index (χ3n) is 7.19. The van der Waals surface area contributed by atoms with Crippen LogP contribution in [0.15, 0.2) is 42.5 Å². The van der Waals surface area contributed by atoms with Gasteiger partial charge in [-0.15, -0.1) is 0 Å². The first-order valence-corrected chi connectivity index (χ1v) is 17.3. The molecule has 0 spiro atoms. The van der Waals surface area contributed by atoms with Crippen molar-refractivity contribution < 1.29 is 36.7 Å². The van der Waals surface area contributed by atoms with Crippen LogP contribution in [0.4, 0.5) is 23.7 Å². The maximum absolute atomic E-state index is 13.8. The van der Waals surface area contributed by atoms with E-state index in [1.165, 1.54) is 17.0 Å². The van der Waals surface area contributed by atoms with Crippen molar-refractivity contribution in [1.82, 2.24) is 4.90 Å². The minimum Gasteiger partial charge on any atom is -0.469 e. The summed E-state index contributed by atoms with van der Waals surface area (Å²) in [7, 11) is -1.20. The van der Waals surface area contributed by atoms with E-state index in [0.29, 0.717) is 5.02 Å². The number of carbonyl (C=O) groups is 2. The Morgan fingerprint density at radius 2 is 1.67 bits per heavy atom. The number of nitrogens with zero attached hydrogens (tertiary/aromatic N) is 1. The molecule has 0 heterocycles. The second-order valence-corrected chi connectivity index (χ2v) is 18.1. The molecule has 1 atom stereocenters. The van der Waals surface area contributed by atoms with Crippen molar-refractivity contribution in [2.75, 3.05) is 32.1 Å². The van der Waals surface area contributed by atoms with Gasteiger partial charge in [0.05, 0.1) is 31.7 Å². The molecule has 7 nitrogen and oxygen atoms in total. The average molecular weight is 645 g/mol. The molecule has 12 heteroatoms. The molecule has 0 saturated carbocycles. The van der Waals surface area contributed by atoms with E-state index in [2.05, 4.69) is 43.9 Å². The lowest BCUT2D eigenvalue weighted by Gasteiger charge is -2.40. The number of nitrogens with one attached hydrogen (secondary N) is 1. The molecule has 0 fully saturated rings. The Balaban J connectivity index is 2.36. The van der Waals surface area contributed by atoms with Crippen molar-refractivity contribution in [3.8, 4) is 0 Å². The number of amides is 1. The molecule has 240 valence electrons. The summed E-state index contributed by atoms with van der Waals surface area (Å²) in [4.78, 5) is 26.5. The van der Waals surface area contributed by atoms with Gasteiger partial charge >= 0.3 is 18.2 Å². The van der Waals surface area contributed by atoms with Crippen molar-refractivity contribution in [1.29, 1.82) is 0 Å². The number of hydrogen-bond donors (Lipinski definition) is 1. The lowest BCUT2D eigenvalue weighted by Crippen LogP contribution is -2.46. The number of ether oxygens (including phenoxy) is 2. The Morgan fingerprint density at radius 3 is 2.21 bits per heavy atom. The predicted octanol–water partition coefficient (Wildman–Crippen LogP) is 8.49. The number of anilines is 1. The van der Waals surface area contributed by atoms with Crippen molar-refractivity contribution in [3.63, 3.8) is 0 Å². The highest BCUT2D eigenvalue weighted by molar-refractivity contribution is 6.74. The fraction of sp³-hybridized carbons (Fsp3) is 0.548. The third kappa shape index (κ3) is 11.3. The van der Waals surface area contributed by atoms with Crippen LogP contribution >= 0.6 is 11.6 Å². The zero-order valence-electron chi connectivity index (χ0n) is 26.4. The van der Waals surface area contributed by atoms with E-state index in [9.17, 15) is 22.8 Å². The lowest BCUT2D eigenvalue weighted by atomic mass is 10.0. The SMILES string of the molecule is COC(=O)Cc1ccc(NCCN(CC(O[Si](C)(C)C(C)(C)C)c2cccc(Cl)c2)C(=O)OC(C)(C)C)cc1C(F)(F)F. The summed E-state index contributed by atoms with van der Waals surface area (Å²) in [5.41, 5.74) is -0.905. The first-order valence-electron chi connectivity index (χ1n) is 14.0. The van der Waals surface area contributed by atoms with Crippen LogP contribution in [0.2, 0.25) is 23.2 Å². The van der Waals surface area contributed by atoms with E-state index in [1.807, 2.05) is 12.1 Å². The van der Waals surface area contributed by atoms with Gasteiger partial charge in [-0.05, 0) is 74.3 Å². The largest absolute Gasteiger partial charge is 0.469 e. The van der Waals surface area contributed by atoms with Crippen LogP contribution in [0.5, 0.6) is 0 Å². The molecule has 0 aliphatic rings. The molecule has 0 aliphatic carbocycles. The van der Waals surface area contributed by atoms with Gasteiger partial charge in [0.1, 0.15) is 5.60 Å². The number of benzene rings is 2. The van der Waals surface area contributed by atoms with Crippen molar-refractivity contribution in [2.45, 2.75) is 84.0 Å². The fourth-order valence-electron chi connectivity index (χ4n) is 3.90. The molecule has 0 aromatic heterocycles. The molecule has 1 amide bonds. The maximum atomic E-state index is 13.8. The van der Waals surface area contributed by atoms with E-state index >= 15 is 0 Å². The first kappa shape index (κ1) is 36.4. The smallest absolute Gasteiger partial charge is 0.416 e. The molecule has 0 radical (unpaired) electrons. The molecule has 1 unspecified atom stereocenters. The van der Waals surface area contributed by atoms with Crippen LogP contribution < -0.4 is 5.32 Å². The number of rotatable bonds is 11. The van der Waals surface area contributed by atoms with Gasteiger partial charge in [-0.1, -0.05) is 50.6 Å². The zero-order valence-corrected chi connectivity index (χ0v) is 28.2.